The maximum atomic E-state index is 12.7. The third-order valence-electron chi connectivity index (χ3n) is 2.85. The summed E-state index contributed by atoms with van der Waals surface area (Å²) in [4.78, 5) is 15.9. The van der Waals surface area contributed by atoms with E-state index in [1.807, 2.05) is 6.07 Å². The topological polar surface area (TPSA) is 51.6 Å². The lowest BCUT2D eigenvalue weighted by Crippen LogP contribution is -2.10. The molecular formula is C14H9F3N4S. The Kier molecular flexibility index (Phi) is 3.61. The monoisotopic (exact) mass is 322 g/mol. The lowest BCUT2D eigenvalue weighted by atomic mass is 10.3. The van der Waals surface area contributed by atoms with E-state index in [4.69, 9.17) is 0 Å². The highest BCUT2D eigenvalue weighted by Gasteiger charge is 2.34. The van der Waals surface area contributed by atoms with E-state index in [-0.39, 0.29) is 5.69 Å². The lowest BCUT2D eigenvalue weighted by molar-refractivity contribution is -0.144. The summed E-state index contributed by atoms with van der Waals surface area (Å²) in [5.41, 5.74) is 1.65. The Morgan fingerprint density at radius 2 is 1.91 bits per heavy atom. The van der Waals surface area contributed by atoms with Crippen LogP contribution in [0.2, 0.25) is 0 Å². The zero-order valence-corrected chi connectivity index (χ0v) is 12.1. The van der Waals surface area contributed by atoms with E-state index in [0.29, 0.717) is 15.6 Å². The molecule has 0 aliphatic rings. The molecule has 3 aromatic heterocycles. The Bertz CT molecular complexity index is 799. The molecule has 0 aliphatic heterocycles. The third-order valence-corrected chi connectivity index (χ3v) is 4.08. The van der Waals surface area contributed by atoms with Gasteiger partial charge in [0.1, 0.15) is 5.01 Å². The van der Waals surface area contributed by atoms with Crippen molar-refractivity contribution in [1.82, 2.24) is 19.9 Å². The summed E-state index contributed by atoms with van der Waals surface area (Å²) in [5, 5.41) is 0.688. The molecule has 8 heteroatoms. The summed E-state index contributed by atoms with van der Waals surface area (Å²) >= 11 is 1.28. The van der Waals surface area contributed by atoms with Gasteiger partial charge >= 0.3 is 6.18 Å². The summed E-state index contributed by atoms with van der Waals surface area (Å²) in [6.45, 7) is 1.74. The van der Waals surface area contributed by atoms with E-state index >= 15 is 0 Å². The minimum absolute atomic E-state index is 0.215. The molecule has 0 radical (unpaired) electrons. The standard InChI is InChI=1S/C14H9F3N4S/c1-8-11(10-4-6-19-13(21-10)14(15,16)17)22-12(20-8)9-3-2-5-18-7-9/h2-7H,1H3. The minimum Gasteiger partial charge on any atom is -0.264 e. The molecule has 0 aliphatic carbocycles. The zero-order valence-electron chi connectivity index (χ0n) is 11.3. The average molecular weight is 322 g/mol. The fourth-order valence-corrected chi connectivity index (χ4v) is 2.89. The van der Waals surface area contributed by atoms with Crippen molar-refractivity contribution in [2.24, 2.45) is 0 Å². The molecule has 0 aromatic carbocycles. The van der Waals surface area contributed by atoms with Gasteiger partial charge in [0.2, 0.25) is 5.82 Å². The van der Waals surface area contributed by atoms with Crippen LogP contribution in [0.5, 0.6) is 0 Å². The van der Waals surface area contributed by atoms with Crippen molar-refractivity contribution in [3.8, 4) is 21.1 Å². The maximum absolute atomic E-state index is 12.7. The van der Waals surface area contributed by atoms with Gasteiger partial charge < -0.3 is 0 Å². The van der Waals surface area contributed by atoms with Gasteiger partial charge in [0, 0.05) is 24.2 Å². The first kappa shape index (κ1) is 14.6. The first-order valence-corrected chi connectivity index (χ1v) is 7.05. The first-order valence-electron chi connectivity index (χ1n) is 6.23. The Morgan fingerprint density at radius 1 is 1.09 bits per heavy atom. The molecule has 0 saturated heterocycles. The van der Waals surface area contributed by atoms with Crippen LogP contribution in [0.1, 0.15) is 11.5 Å². The number of pyridine rings is 1. The number of aromatic nitrogens is 4. The van der Waals surface area contributed by atoms with Gasteiger partial charge in [-0.25, -0.2) is 15.0 Å². The van der Waals surface area contributed by atoms with Gasteiger partial charge in [0.15, 0.2) is 0 Å². The maximum Gasteiger partial charge on any atom is 0.451 e. The summed E-state index contributed by atoms with van der Waals surface area (Å²) < 4.78 is 38.1. The van der Waals surface area contributed by atoms with Crippen LogP contribution in [0.25, 0.3) is 21.1 Å². The fourth-order valence-electron chi connectivity index (χ4n) is 1.87. The molecule has 4 nitrogen and oxygen atoms in total. The van der Waals surface area contributed by atoms with Crippen LogP contribution in [-0.4, -0.2) is 19.9 Å². The Balaban J connectivity index is 2.05. The molecule has 3 rings (SSSR count). The number of thiazole rings is 1. The van der Waals surface area contributed by atoms with Crippen LogP contribution >= 0.6 is 11.3 Å². The summed E-state index contributed by atoms with van der Waals surface area (Å²) in [6, 6.07) is 5.07. The van der Waals surface area contributed by atoms with Crippen LogP contribution in [0, 0.1) is 6.92 Å². The normalized spacial score (nSPS) is 11.6. The molecule has 112 valence electrons. The number of hydrogen-bond donors (Lipinski definition) is 0. The van der Waals surface area contributed by atoms with Crippen molar-refractivity contribution in [3.05, 3.63) is 48.3 Å². The average Bonchev–Trinajstić information content (AvgIpc) is 2.89. The number of halogens is 3. The minimum atomic E-state index is -4.57. The second kappa shape index (κ2) is 5.45. The second-order valence-electron chi connectivity index (χ2n) is 4.44. The van der Waals surface area contributed by atoms with Gasteiger partial charge in [-0.05, 0) is 25.1 Å². The van der Waals surface area contributed by atoms with E-state index in [0.717, 1.165) is 11.8 Å². The number of hydrogen-bond acceptors (Lipinski definition) is 5. The number of rotatable bonds is 2. The van der Waals surface area contributed by atoms with E-state index in [2.05, 4.69) is 19.9 Å². The first-order chi connectivity index (χ1) is 10.4. The smallest absolute Gasteiger partial charge is 0.264 e. The molecule has 3 heterocycles. The van der Waals surface area contributed by atoms with Gasteiger partial charge in [0.05, 0.1) is 16.3 Å². The summed E-state index contributed by atoms with van der Waals surface area (Å²) in [5.74, 6) is -1.15. The zero-order chi connectivity index (χ0) is 15.7. The Labute approximate surface area is 127 Å². The van der Waals surface area contributed by atoms with Crippen LogP contribution in [0.15, 0.2) is 36.8 Å². The van der Waals surface area contributed by atoms with Crippen LogP contribution in [0.3, 0.4) is 0 Å². The summed E-state index contributed by atoms with van der Waals surface area (Å²) in [6.07, 6.45) is -0.164. The van der Waals surface area contributed by atoms with Gasteiger partial charge in [-0.3, -0.25) is 4.98 Å². The Hall–Kier alpha value is -2.35. The molecule has 0 unspecified atom stereocenters. The molecule has 0 saturated carbocycles. The predicted molar refractivity (Wildman–Crippen MR) is 76.1 cm³/mol. The largest absolute Gasteiger partial charge is 0.451 e. The molecule has 0 N–H and O–H groups in total. The fraction of sp³-hybridized carbons (Fsp3) is 0.143. The third kappa shape index (κ3) is 2.82. The van der Waals surface area contributed by atoms with Gasteiger partial charge in [-0.15, -0.1) is 11.3 Å². The molecule has 0 spiro atoms. The van der Waals surface area contributed by atoms with Crippen molar-refractivity contribution >= 4 is 11.3 Å². The van der Waals surface area contributed by atoms with Crippen molar-refractivity contribution < 1.29 is 13.2 Å². The number of nitrogens with zero attached hydrogens (tertiary/aromatic N) is 4. The highest BCUT2D eigenvalue weighted by molar-refractivity contribution is 7.18. The van der Waals surface area contributed by atoms with Crippen molar-refractivity contribution in [2.45, 2.75) is 13.1 Å². The molecule has 0 amide bonds. The highest BCUT2D eigenvalue weighted by atomic mass is 32.1. The quantitative estimate of drug-likeness (QED) is 0.716. The second-order valence-corrected chi connectivity index (χ2v) is 5.44. The van der Waals surface area contributed by atoms with Gasteiger partial charge in [-0.1, -0.05) is 0 Å². The van der Waals surface area contributed by atoms with Crippen molar-refractivity contribution in [3.63, 3.8) is 0 Å². The number of aryl methyl sites for hydroxylation is 1. The van der Waals surface area contributed by atoms with Gasteiger partial charge in [-0.2, -0.15) is 13.2 Å². The van der Waals surface area contributed by atoms with E-state index in [1.165, 1.54) is 17.4 Å². The molecule has 0 fully saturated rings. The van der Waals surface area contributed by atoms with Gasteiger partial charge in [0.25, 0.3) is 0 Å². The molecule has 3 aromatic rings. The molecule has 0 bridgehead atoms. The van der Waals surface area contributed by atoms with Crippen molar-refractivity contribution in [1.29, 1.82) is 0 Å². The molecule has 0 atom stereocenters. The SMILES string of the molecule is Cc1nc(-c2cccnc2)sc1-c1ccnc(C(F)(F)F)n1. The molecule has 22 heavy (non-hydrogen) atoms. The van der Waals surface area contributed by atoms with Crippen LogP contribution in [-0.2, 0) is 6.18 Å². The van der Waals surface area contributed by atoms with Crippen molar-refractivity contribution in [2.75, 3.05) is 0 Å². The van der Waals surface area contributed by atoms with E-state index < -0.39 is 12.0 Å². The number of alkyl halides is 3. The highest BCUT2D eigenvalue weighted by Crippen LogP contribution is 2.35. The van der Waals surface area contributed by atoms with E-state index in [1.54, 1.807) is 25.4 Å². The Morgan fingerprint density at radius 3 is 2.59 bits per heavy atom. The van der Waals surface area contributed by atoms with Crippen LogP contribution < -0.4 is 0 Å². The molecular weight excluding hydrogens is 313 g/mol. The van der Waals surface area contributed by atoms with E-state index in [9.17, 15) is 13.2 Å². The lowest BCUT2D eigenvalue weighted by Gasteiger charge is -2.05. The predicted octanol–water partition coefficient (Wildman–Crippen LogP) is 3.99. The summed E-state index contributed by atoms with van der Waals surface area (Å²) in [7, 11) is 0. The van der Waals surface area contributed by atoms with Crippen LogP contribution in [0.4, 0.5) is 13.2 Å².